The number of phenols is 1. The summed E-state index contributed by atoms with van der Waals surface area (Å²) in [6.07, 6.45) is 1.59. The van der Waals surface area contributed by atoms with Gasteiger partial charge in [0.15, 0.2) is 11.5 Å². The van der Waals surface area contributed by atoms with Crippen LogP contribution in [0.4, 0.5) is 0 Å². The second-order valence-corrected chi connectivity index (χ2v) is 5.95. The Bertz CT molecular complexity index is 827. The van der Waals surface area contributed by atoms with Gasteiger partial charge >= 0.3 is 0 Å². The monoisotopic (exact) mass is 334 g/mol. The predicted octanol–water partition coefficient (Wildman–Crippen LogP) is 5.50. The normalized spacial score (nSPS) is 10.4. The zero-order valence-electron chi connectivity index (χ0n) is 14.3. The minimum absolute atomic E-state index is 0.339. The van der Waals surface area contributed by atoms with E-state index in [-0.39, 0.29) is 0 Å². The number of phenolic OH excluding ortho intramolecular Hbond substituents is 1. The fourth-order valence-electron chi connectivity index (χ4n) is 2.63. The van der Waals surface area contributed by atoms with Gasteiger partial charge in [-0.25, -0.2) is 0 Å². The quantitative estimate of drug-likeness (QED) is 0.579. The van der Waals surface area contributed by atoms with Crippen molar-refractivity contribution in [2.75, 3.05) is 6.61 Å². The average molecular weight is 334 g/mol. The molecule has 3 aromatic carbocycles. The van der Waals surface area contributed by atoms with E-state index in [4.69, 9.17) is 9.47 Å². The number of hydrogen-bond donors (Lipinski definition) is 1. The molecule has 0 unspecified atom stereocenters. The maximum absolute atomic E-state index is 9.80. The summed E-state index contributed by atoms with van der Waals surface area (Å²) in [6, 6.07) is 23.0. The lowest BCUT2D eigenvalue weighted by Crippen LogP contribution is -2.01. The molecule has 0 saturated carbocycles. The summed E-state index contributed by atoms with van der Waals surface area (Å²) in [5.41, 5.74) is 2.09. The van der Waals surface area contributed by atoms with Gasteiger partial charge in [0.2, 0.25) is 0 Å². The summed E-state index contributed by atoms with van der Waals surface area (Å²) in [7, 11) is 0. The predicted molar refractivity (Wildman–Crippen MR) is 99.6 cm³/mol. The molecule has 0 radical (unpaired) electrons. The summed E-state index contributed by atoms with van der Waals surface area (Å²) in [5.74, 6) is 2.56. The van der Waals surface area contributed by atoms with Gasteiger partial charge in [0, 0.05) is 0 Å². The maximum atomic E-state index is 9.80. The van der Waals surface area contributed by atoms with Crippen LogP contribution < -0.4 is 9.47 Å². The van der Waals surface area contributed by atoms with E-state index in [1.54, 1.807) is 6.07 Å². The van der Waals surface area contributed by atoms with Gasteiger partial charge in [-0.3, -0.25) is 0 Å². The van der Waals surface area contributed by atoms with E-state index in [0.717, 1.165) is 35.5 Å². The first-order valence-electron chi connectivity index (χ1n) is 8.45. The van der Waals surface area contributed by atoms with Crippen molar-refractivity contribution in [3.63, 3.8) is 0 Å². The molecule has 0 heterocycles. The second-order valence-electron chi connectivity index (χ2n) is 5.95. The van der Waals surface area contributed by atoms with Crippen LogP contribution in [-0.2, 0) is 6.42 Å². The van der Waals surface area contributed by atoms with Crippen LogP contribution >= 0.6 is 0 Å². The lowest BCUT2D eigenvalue weighted by Gasteiger charge is -2.13. The molecular formula is C22H22O3. The van der Waals surface area contributed by atoms with Crippen molar-refractivity contribution in [3.05, 3.63) is 83.9 Å². The van der Waals surface area contributed by atoms with Gasteiger partial charge in [0.1, 0.15) is 11.5 Å². The van der Waals surface area contributed by atoms with E-state index in [2.05, 4.69) is 0 Å². The molecule has 0 aliphatic rings. The molecule has 3 heteroatoms. The van der Waals surface area contributed by atoms with E-state index < -0.39 is 0 Å². The molecule has 0 aliphatic carbocycles. The van der Waals surface area contributed by atoms with E-state index >= 15 is 0 Å². The van der Waals surface area contributed by atoms with Gasteiger partial charge in [-0.1, -0.05) is 42.5 Å². The standard InChI is InChI=1S/C22H22O3/c1-17-8-6-11-19(16-17)25-22-14-5-4-13-21(22)24-15-7-10-18-9-2-3-12-20(18)23/h2-6,8-9,11-14,16,23H,7,10,15H2,1H3. The third-order valence-electron chi connectivity index (χ3n) is 3.91. The Morgan fingerprint density at radius 3 is 2.40 bits per heavy atom. The van der Waals surface area contributed by atoms with Gasteiger partial charge < -0.3 is 14.6 Å². The maximum Gasteiger partial charge on any atom is 0.169 e. The Morgan fingerprint density at radius 2 is 1.60 bits per heavy atom. The Hall–Kier alpha value is -2.94. The van der Waals surface area contributed by atoms with Crippen molar-refractivity contribution in [1.82, 2.24) is 0 Å². The molecule has 0 aromatic heterocycles. The van der Waals surface area contributed by atoms with Crippen LogP contribution in [0.3, 0.4) is 0 Å². The number of aromatic hydroxyl groups is 1. The van der Waals surface area contributed by atoms with E-state index in [1.807, 2.05) is 73.7 Å². The third-order valence-corrected chi connectivity index (χ3v) is 3.91. The minimum Gasteiger partial charge on any atom is -0.508 e. The fraction of sp³-hybridized carbons (Fsp3) is 0.182. The summed E-state index contributed by atoms with van der Waals surface area (Å²) in [6.45, 7) is 2.59. The molecule has 0 atom stereocenters. The van der Waals surface area contributed by atoms with Crippen molar-refractivity contribution < 1.29 is 14.6 Å². The second kappa shape index (κ2) is 8.25. The number of para-hydroxylation sites is 3. The molecule has 0 fully saturated rings. The van der Waals surface area contributed by atoms with Crippen LogP contribution in [0, 0.1) is 6.92 Å². The molecule has 0 saturated heterocycles. The first-order valence-corrected chi connectivity index (χ1v) is 8.45. The van der Waals surface area contributed by atoms with Crippen molar-refractivity contribution in [3.8, 4) is 23.0 Å². The number of rotatable bonds is 7. The van der Waals surface area contributed by atoms with Gasteiger partial charge in [-0.15, -0.1) is 0 Å². The van der Waals surface area contributed by atoms with Gasteiger partial charge in [0.25, 0.3) is 0 Å². The summed E-state index contributed by atoms with van der Waals surface area (Å²) in [5, 5.41) is 9.80. The van der Waals surface area contributed by atoms with Crippen molar-refractivity contribution >= 4 is 0 Å². The summed E-state index contributed by atoms with van der Waals surface area (Å²) < 4.78 is 11.9. The molecule has 3 rings (SSSR count). The molecule has 1 N–H and O–H groups in total. The first kappa shape index (κ1) is 16.9. The van der Waals surface area contributed by atoms with Gasteiger partial charge in [-0.05, 0) is 61.2 Å². The number of hydrogen-bond acceptors (Lipinski definition) is 3. The molecule has 128 valence electrons. The van der Waals surface area contributed by atoms with E-state index in [1.165, 1.54) is 0 Å². The van der Waals surface area contributed by atoms with Crippen molar-refractivity contribution in [2.24, 2.45) is 0 Å². The highest BCUT2D eigenvalue weighted by Crippen LogP contribution is 2.31. The lowest BCUT2D eigenvalue weighted by molar-refractivity contribution is 0.296. The Labute approximate surface area is 148 Å². The molecule has 3 nitrogen and oxygen atoms in total. The lowest BCUT2D eigenvalue weighted by atomic mass is 10.1. The molecular weight excluding hydrogens is 312 g/mol. The third kappa shape index (κ3) is 4.77. The largest absolute Gasteiger partial charge is 0.508 e. The van der Waals surface area contributed by atoms with Gasteiger partial charge in [0.05, 0.1) is 6.61 Å². The van der Waals surface area contributed by atoms with Crippen molar-refractivity contribution in [2.45, 2.75) is 19.8 Å². The van der Waals surface area contributed by atoms with E-state index in [9.17, 15) is 5.11 Å². The fourth-order valence-corrected chi connectivity index (χ4v) is 2.63. The Balaban J connectivity index is 1.58. The summed E-state index contributed by atoms with van der Waals surface area (Å²) >= 11 is 0. The van der Waals surface area contributed by atoms with Crippen LogP contribution in [-0.4, -0.2) is 11.7 Å². The summed E-state index contributed by atoms with van der Waals surface area (Å²) in [4.78, 5) is 0. The van der Waals surface area contributed by atoms with Crippen LogP contribution in [0.2, 0.25) is 0 Å². The number of benzene rings is 3. The SMILES string of the molecule is Cc1cccc(Oc2ccccc2OCCCc2ccccc2O)c1. The zero-order chi connectivity index (χ0) is 17.5. The van der Waals surface area contributed by atoms with Gasteiger partial charge in [-0.2, -0.15) is 0 Å². The Kier molecular flexibility index (Phi) is 5.57. The van der Waals surface area contributed by atoms with Crippen LogP contribution in [0.1, 0.15) is 17.5 Å². The van der Waals surface area contributed by atoms with Crippen LogP contribution in [0.5, 0.6) is 23.0 Å². The minimum atomic E-state index is 0.339. The molecule has 0 amide bonds. The Morgan fingerprint density at radius 1 is 0.840 bits per heavy atom. The topological polar surface area (TPSA) is 38.7 Å². The van der Waals surface area contributed by atoms with Crippen molar-refractivity contribution in [1.29, 1.82) is 0 Å². The molecule has 25 heavy (non-hydrogen) atoms. The highest BCUT2D eigenvalue weighted by Gasteiger charge is 2.06. The molecule has 0 spiro atoms. The molecule has 0 aliphatic heterocycles. The van der Waals surface area contributed by atoms with Crippen LogP contribution in [0.15, 0.2) is 72.8 Å². The smallest absolute Gasteiger partial charge is 0.169 e. The number of ether oxygens (including phenoxy) is 2. The van der Waals surface area contributed by atoms with E-state index in [0.29, 0.717) is 18.1 Å². The number of aryl methyl sites for hydroxylation is 2. The molecule has 0 bridgehead atoms. The highest BCUT2D eigenvalue weighted by molar-refractivity contribution is 5.43. The molecule has 3 aromatic rings. The van der Waals surface area contributed by atoms with Crippen LogP contribution in [0.25, 0.3) is 0 Å². The average Bonchev–Trinajstić information content (AvgIpc) is 2.61. The highest BCUT2D eigenvalue weighted by atomic mass is 16.5. The first-order chi connectivity index (χ1) is 12.2. The zero-order valence-corrected chi connectivity index (χ0v) is 14.3.